The van der Waals surface area contributed by atoms with Gasteiger partial charge < -0.3 is 5.32 Å². The molecular weight excluding hydrogens is 220 g/mol. The lowest BCUT2D eigenvalue weighted by Crippen LogP contribution is -2.31. The summed E-state index contributed by atoms with van der Waals surface area (Å²) < 4.78 is 0. The quantitative estimate of drug-likeness (QED) is 0.769. The molecule has 0 radical (unpaired) electrons. The van der Waals surface area contributed by atoms with Crippen molar-refractivity contribution in [2.45, 2.75) is 32.9 Å². The molecule has 1 N–H and O–H groups in total. The summed E-state index contributed by atoms with van der Waals surface area (Å²) in [4.78, 5) is 4.24. The van der Waals surface area contributed by atoms with Crippen molar-refractivity contribution in [1.29, 1.82) is 0 Å². The van der Waals surface area contributed by atoms with Gasteiger partial charge in [-0.15, -0.1) is 6.58 Å². The molecular formula is C13H19ClN2. The molecule has 0 aromatic carbocycles. The van der Waals surface area contributed by atoms with Crippen LogP contribution in [0.5, 0.6) is 0 Å². The summed E-state index contributed by atoms with van der Waals surface area (Å²) in [5.41, 5.74) is 1.02. The molecule has 0 aliphatic heterocycles. The average Bonchev–Trinajstić information content (AvgIpc) is 2.28. The maximum absolute atomic E-state index is 5.77. The van der Waals surface area contributed by atoms with Crippen LogP contribution >= 0.6 is 11.6 Å². The highest BCUT2D eigenvalue weighted by Crippen LogP contribution is 2.10. The zero-order valence-corrected chi connectivity index (χ0v) is 10.7. The summed E-state index contributed by atoms with van der Waals surface area (Å²) in [5.74, 6) is 0.588. The van der Waals surface area contributed by atoms with E-state index in [-0.39, 0.29) is 0 Å². The van der Waals surface area contributed by atoms with Crippen LogP contribution in [0.4, 0.5) is 0 Å². The van der Waals surface area contributed by atoms with E-state index in [1.54, 1.807) is 6.20 Å². The minimum Gasteiger partial charge on any atom is -0.308 e. The van der Waals surface area contributed by atoms with Crippen molar-refractivity contribution >= 4 is 11.6 Å². The van der Waals surface area contributed by atoms with E-state index in [2.05, 4.69) is 30.7 Å². The molecule has 88 valence electrons. The van der Waals surface area contributed by atoms with Crippen molar-refractivity contribution in [2.24, 2.45) is 5.92 Å². The number of allylic oxidation sites excluding steroid dienone is 1. The Labute approximate surface area is 103 Å². The van der Waals surface area contributed by atoms with Gasteiger partial charge in [0.25, 0.3) is 0 Å². The van der Waals surface area contributed by atoms with E-state index >= 15 is 0 Å². The summed E-state index contributed by atoms with van der Waals surface area (Å²) in [7, 11) is 0. The molecule has 1 aromatic rings. The van der Waals surface area contributed by atoms with Crippen LogP contribution in [0.1, 0.15) is 26.0 Å². The van der Waals surface area contributed by atoms with E-state index in [9.17, 15) is 0 Å². The zero-order chi connectivity index (χ0) is 12.0. The van der Waals surface area contributed by atoms with Crippen LogP contribution in [0.15, 0.2) is 31.0 Å². The van der Waals surface area contributed by atoms with Gasteiger partial charge in [0, 0.05) is 18.8 Å². The highest BCUT2D eigenvalue weighted by molar-refractivity contribution is 6.30. The second kappa shape index (κ2) is 6.66. The number of pyridine rings is 1. The fourth-order valence-electron chi connectivity index (χ4n) is 1.44. The van der Waals surface area contributed by atoms with E-state index in [1.807, 2.05) is 18.2 Å². The highest BCUT2D eigenvalue weighted by atomic mass is 35.5. The monoisotopic (exact) mass is 238 g/mol. The minimum absolute atomic E-state index is 0.454. The molecule has 0 saturated carbocycles. The number of aromatic nitrogens is 1. The van der Waals surface area contributed by atoms with Crippen molar-refractivity contribution in [3.05, 3.63) is 41.7 Å². The van der Waals surface area contributed by atoms with Gasteiger partial charge >= 0.3 is 0 Å². The summed E-state index contributed by atoms with van der Waals surface area (Å²) >= 11 is 5.77. The lowest BCUT2D eigenvalue weighted by Gasteiger charge is -2.19. The molecule has 1 rings (SSSR count). The van der Waals surface area contributed by atoms with Crippen LogP contribution in [0, 0.1) is 5.92 Å². The van der Waals surface area contributed by atoms with Crippen molar-refractivity contribution in [3.63, 3.8) is 0 Å². The first-order valence-corrected chi connectivity index (χ1v) is 5.96. The molecule has 0 bridgehead atoms. The first-order valence-electron chi connectivity index (χ1n) is 5.58. The second-order valence-electron chi connectivity index (χ2n) is 4.14. The Morgan fingerprint density at radius 3 is 2.81 bits per heavy atom. The molecule has 0 fully saturated rings. The Morgan fingerprint density at radius 1 is 1.50 bits per heavy atom. The molecule has 0 aliphatic rings. The Kier molecular flexibility index (Phi) is 5.50. The molecule has 2 atom stereocenters. The molecule has 0 spiro atoms. The Hall–Kier alpha value is -0.860. The smallest absolute Gasteiger partial charge is 0.0589 e. The summed E-state index contributed by atoms with van der Waals surface area (Å²) in [6.07, 6.45) is 4.67. The van der Waals surface area contributed by atoms with Crippen molar-refractivity contribution in [3.8, 4) is 0 Å². The molecule has 1 heterocycles. The molecule has 16 heavy (non-hydrogen) atoms. The molecule has 1 aromatic heterocycles. The number of nitrogens with zero attached hydrogens (tertiary/aromatic N) is 1. The number of rotatable bonds is 6. The molecule has 2 unspecified atom stereocenters. The van der Waals surface area contributed by atoms with Gasteiger partial charge in [-0.25, -0.2) is 0 Å². The SMILES string of the molecule is C=CCC(C)C(C)NCc1ccc(Cl)cn1. The number of halogens is 1. The number of hydrogen-bond donors (Lipinski definition) is 1. The van der Waals surface area contributed by atoms with E-state index in [0.717, 1.165) is 18.7 Å². The first kappa shape index (κ1) is 13.2. The van der Waals surface area contributed by atoms with Crippen LogP contribution < -0.4 is 5.32 Å². The molecule has 0 aliphatic carbocycles. The largest absolute Gasteiger partial charge is 0.308 e. The molecule has 3 heteroatoms. The predicted octanol–water partition coefficient (Wildman–Crippen LogP) is 3.43. The van der Waals surface area contributed by atoms with Gasteiger partial charge in [0.1, 0.15) is 0 Å². The second-order valence-corrected chi connectivity index (χ2v) is 4.58. The summed E-state index contributed by atoms with van der Waals surface area (Å²) in [6, 6.07) is 4.26. The van der Waals surface area contributed by atoms with Gasteiger partial charge in [0.15, 0.2) is 0 Å². The van der Waals surface area contributed by atoms with Crippen LogP contribution in [-0.2, 0) is 6.54 Å². The van der Waals surface area contributed by atoms with Gasteiger partial charge in [-0.2, -0.15) is 0 Å². The van der Waals surface area contributed by atoms with Gasteiger partial charge in [0.05, 0.1) is 10.7 Å². The maximum atomic E-state index is 5.77. The van der Waals surface area contributed by atoms with Gasteiger partial charge in [-0.3, -0.25) is 4.98 Å². The molecule has 2 nitrogen and oxygen atoms in total. The summed E-state index contributed by atoms with van der Waals surface area (Å²) in [5, 5.41) is 4.13. The predicted molar refractivity (Wildman–Crippen MR) is 69.5 cm³/mol. The molecule has 0 saturated heterocycles. The van der Waals surface area contributed by atoms with E-state index < -0.39 is 0 Å². The fourth-order valence-corrected chi connectivity index (χ4v) is 1.56. The van der Waals surface area contributed by atoms with Crippen molar-refractivity contribution < 1.29 is 0 Å². The minimum atomic E-state index is 0.454. The lowest BCUT2D eigenvalue weighted by atomic mass is 10.00. The van der Waals surface area contributed by atoms with Crippen molar-refractivity contribution in [2.75, 3.05) is 0 Å². The average molecular weight is 239 g/mol. The van der Waals surface area contributed by atoms with E-state index in [1.165, 1.54) is 0 Å². The Bertz CT molecular complexity index is 321. The Morgan fingerprint density at radius 2 is 2.25 bits per heavy atom. The van der Waals surface area contributed by atoms with E-state index in [4.69, 9.17) is 11.6 Å². The van der Waals surface area contributed by atoms with E-state index in [0.29, 0.717) is 17.0 Å². The molecule has 0 amide bonds. The maximum Gasteiger partial charge on any atom is 0.0589 e. The topological polar surface area (TPSA) is 24.9 Å². The van der Waals surface area contributed by atoms with Crippen molar-refractivity contribution in [1.82, 2.24) is 10.3 Å². The number of nitrogens with one attached hydrogen (secondary N) is 1. The van der Waals surface area contributed by atoms with Crippen LogP contribution in [0.3, 0.4) is 0 Å². The third-order valence-corrected chi connectivity index (χ3v) is 3.01. The van der Waals surface area contributed by atoms with Gasteiger partial charge in [-0.05, 0) is 31.4 Å². The fraction of sp³-hybridized carbons (Fsp3) is 0.462. The summed E-state index contributed by atoms with van der Waals surface area (Å²) in [6.45, 7) is 8.94. The van der Waals surface area contributed by atoms with Gasteiger partial charge in [-0.1, -0.05) is 24.6 Å². The van der Waals surface area contributed by atoms with Crippen LogP contribution in [0.25, 0.3) is 0 Å². The Balaban J connectivity index is 2.39. The number of hydrogen-bond acceptors (Lipinski definition) is 2. The van der Waals surface area contributed by atoms with Crippen LogP contribution in [0.2, 0.25) is 5.02 Å². The highest BCUT2D eigenvalue weighted by Gasteiger charge is 2.09. The normalized spacial score (nSPS) is 14.4. The lowest BCUT2D eigenvalue weighted by molar-refractivity contribution is 0.400. The zero-order valence-electron chi connectivity index (χ0n) is 9.91. The van der Waals surface area contributed by atoms with Gasteiger partial charge in [0.2, 0.25) is 0 Å². The standard InChI is InChI=1S/C13H19ClN2/c1-4-5-10(2)11(3)15-9-13-7-6-12(14)8-16-13/h4,6-8,10-11,15H,1,5,9H2,2-3H3. The third-order valence-electron chi connectivity index (χ3n) is 2.79. The van der Waals surface area contributed by atoms with Crippen LogP contribution in [-0.4, -0.2) is 11.0 Å². The first-order chi connectivity index (χ1) is 7.63. The third kappa shape index (κ3) is 4.33.